The van der Waals surface area contributed by atoms with Crippen LogP contribution in [-0.4, -0.2) is 68.0 Å². The third-order valence-corrected chi connectivity index (χ3v) is 7.00. The number of carbonyl (C=O) groups excluding carboxylic acids is 1. The van der Waals surface area contributed by atoms with Crippen molar-refractivity contribution < 1.29 is 22.4 Å². The third-order valence-electron chi connectivity index (χ3n) is 4.29. The molecule has 1 aromatic heterocycles. The van der Waals surface area contributed by atoms with Crippen molar-refractivity contribution in [2.24, 2.45) is 0 Å². The second-order valence-electron chi connectivity index (χ2n) is 6.42. The van der Waals surface area contributed by atoms with Crippen LogP contribution in [0.1, 0.15) is 12.2 Å². The summed E-state index contributed by atoms with van der Waals surface area (Å²) in [5.41, 5.74) is -0.339. The smallest absolute Gasteiger partial charge is 0.258 e. The maximum atomic E-state index is 12.1. The lowest BCUT2D eigenvalue weighted by molar-refractivity contribution is -0.123. The molecule has 10 heteroatoms. The normalized spacial score (nSPS) is 22.8. The second kappa shape index (κ2) is 8.45. The van der Waals surface area contributed by atoms with Crippen LogP contribution in [0.5, 0.6) is 5.75 Å². The number of sulfone groups is 1. The molecule has 1 atom stereocenters. The van der Waals surface area contributed by atoms with Gasteiger partial charge in [-0.1, -0.05) is 0 Å². The van der Waals surface area contributed by atoms with Gasteiger partial charge in [0, 0.05) is 36.7 Å². The highest BCUT2D eigenvalue weighted by molar-refractivity contribution is 7.99. The van der Waals surface area contributed by atoms with Gasteiger partial charge in [0.1, 0.15) is 12.0 Å². The Balaban J connectivity index is 1.48. The summed E-state index contributed by atoms with van der Waals surface area (Å²) in [6.07, 6.45) is 1.63. The van der Waals surface area contributed by atoms with Crippen LogP contribution in [0.2, 0.25) is 0 Å². The molecule has 0 spiro atoms. The zero-order valence-corrected chi connectivity index (χ0v) is 15.9. The van der Waals surface area contributed by atoms with Crippen LogP contribution < -0.4 is 15.5 Å². The molecule has 2 fully saturated rings. The molecule has 1 aromatic rings. The van der Waals surface area contributed by atoms with E-state index >= 15 is 0 Å². The van der Waals surface area contributed by atoms with Gasteiger partial charge in [-0.25, -0.2) is 8.42 Å². The van der Waals surface area contributed by atoms with Gasteiger partial charge >= 0.3 is 0 Å². The van der Waals surface area contributed by atoms with Crippen LogP contribution in [0.25, 0.3) is 0 Å². The minimum absolute atomic E-state index is 0.0304. The molecule has 8 nitrogen and oxygen atoms in total. The summed E-state index contributed by atoms with van der Waals surface area (Å²) >= 11 is 1.91. The first-order valence-corrected chi connectivity index (χ1v) is 11.4. The van der Waals surface area contributed by atoms with Crippen LogP contribution >= 0.6 is 11.8 Å². The lowest BCUT2D eigenvalue weighted by Gasteiger charge is -2.25. The minimum Gasteiger partial charge on any atom is -0.477 e. The van der Waals surface area contributed by atoms with Crippen LogP contribution in [0.4, 0.5) is 0 Å². The number of amides is 1. The zero-order chi connectivity index (χ0) is 18.6. The molecular weight excluding hydrogens is 380 g/mol. The highest BCUT2D eigenvalue weighted by atomic mass is 32.2. The van der Waals surface area contributed by atoms with Crippen molar-refractivity contribution in [1.82, 2.24) is 10.2 Å². The van der Waals surface area contributed by atoms with Crippen molar-refractivity contribution in [3.63, 3.8) is 0 Å². The van der Waals surface area contributed by atoms with Crippen molar-refractivity contribution in [2.75, 3.05) is 42.7 Å². The molecule has 0 saturated carbocycles. The molecule has 26 heavy (non-hydrogen) atoms. The number of ether oxygens (including phenoxy) is 1. The third kappa shape index (κ3) is 5.49. The molecule has 2 saturated heterocycles. The lowest BCUT2D eigenvalue weighted by Crippen LogP contribution is -2.38. The fourth-order valence-corrected chi connectivity index (χ4v) is 5.58. The summed E-state index contributed by atoms with van der Waals surface area (Å²) in [5.74, 6) is 2.25. The first kappa shape index (κ1) is 19.2. The van der Waals surface area contributed by atoms with E-state index in [1.807, 2.05) is 11.8 Å². The molecule has 2 aliphatic heterocycles. The van der Waals surface area contributed by atoms with Crippen molar-refractivity contribution in [2.45, 2.75) is 19.0 Å². The monoisotopic (exact) mass is 402 g/mol. The Bertz CT molecular complexity index is 801. The van der Waals surface area contributed by atoms with Crippen LogP contribution in [0.3, 0.4) is 0 Å². The second-order valence-corrected chi connectivity index (χ2v) is 9.87. The Kier molecular flexibility index (Phi) is 6.25. The molecule has 144 valence electrons. The predicted octanol–water partition coefficient (Wildman–Crippen LogP) is -0.129. The van der Waals surface area contributed by atoms with Crippen LogP contribution in [-0.2, 0) is 21.2 Å². The fourth-order valence-electron chi connectivity index (χ4n) is 2.93. The summed E-state index contributed by atoms with van der Waals surface area (Å²) < 4.78 is 33.4. The summed E-state index contributed by atoms with van der Waals surface area (Å²) in [6, 6.07) is 0.996. The summed E-state index contributed by atoms with van der Waals surface area (Å²) in [5, 5.41) is 2.61. The number of hydrogen-bond donors (Lipinski definition) is 1. The van der Waals surface area contributed by atoms with Gasteiger partial charge in [0.05, 0.1) is 18.1 Å². The molecule has 3 rings (SSSR count). The van der Waals surface area contributed by atoms with Gasteiger partial charge in [0.25, 0.3) is 5.91 Å². The minimum atomic E-state index is -3.06. The molecule has 0 unspecified atom stereocenters. The summed E-state index contributed by atoms with van der Waals surface area (Å²) in [6.45, 7) is 2.14. The van der Waals surface area contributed by atoms with E-state index in [-0.39, 0.29) is 29.3 Å². The Hall–Kier alpha value is -1.52. The summed E-state index contributed by atoms with van der Waals surface area (Å²) in [7, 11) is -3.06. The van der Waals surface area contributed by atoms with Crippen molar-refractivity contribution in [3.8, 4) is 5.75 Å². The largest absolute Gasteiger partial charge is 0.477 e. The van der Waals surface area contributed by atoms with Crippen LogP contribution in [0.15, 0.2) is 21.5 Å². The van der Waals surface area contributed by atoms with Gasteiger partial charge in [-0.15, -0.1) is 0 Å². The first-order valence-electron chi connectivity index (χ1n) is 8.46. The zero-order valence-electron chi connectivity index (χ0n) is 14.3. The average molecular weight is 402 g/mol. The molecule has 3 heterocycles. The maximum Gasteiger partial charge on any atom is 0.258 e. The van der Waals surface area contributed by atoms with Gasteiger partial charge in [-0.05, 0) is 6.42 Å². The number of hydrogen-bond acceptors (Lipinski definition) is 8. The molecule has 1 N–H and O–H groups in total. The van der Waals surface area contributed by atoms with Crippen molar-refractivity contribution in [1.29, 1.82) is 0 Å². The first-order chi connectivity index (χ1) is 12.4. The molecule has 0 aromatic carbocycles. The van der Waals surface area contributed by atoms with Gasteiger partial charge in [0.2, 0.25) is 11.2 Å². The van der Waals surface area contributed by atoms with E-state index in [1.165, 1.54) is 12.3 Å². The van der Waals surface area contributed by atoms with E-state index in [1.54, 1.807) is 0 Å². The number of nitrogens with zero attached hydrogens (tertiary/aromatic N) is 1. The van der Waals surface area contributed by atoms with Crippen molar-refractivity contribution in [3.05, 3.63) is 28.3 Å². The Morgan fingerprint density at radius 2 is 2.15 bits per heavy atom. The highest BCUT2D eigenvalue weighted by Crippen LogP contribution is 2.14. The Morgan fingerprint density at radius 3 is 2.81 bits per heavy atom. The number of thioether (sulfide) groups is 1. The molecule has 1 amide bonds. The molecule has 0 bridgehead atoms. The molecule has 2 aliphatic rings. The van der Waals surface area contributed by atoms with Crippen LogP contribution in [0, 0.1) is 0 Å². The molecule has 0 aliphatic carbocycles. The van der Waals surface area contributed by atoms with E-state index < -0.39 is 21.8 Å². The number of carbonyl (C=O) groups is 1. The van der Waals surface area contributed by atoms with E-state index in [4.69, 9.17) is 9.15 Å². The quantitative estimate of drug-likeness (QED) is 0.702. The average Bonchev–Trinajstić information content (AvgIpc) is 2.93. The van der Waals surface area contributed by atoms with Gasteiger partial charge < -0.3 is 14.5 Å². The predicted molar refractivity (Wildman–Crippen MR) is 98.3 cm³/mol. The van der Waals surface area contributed by atoms with Gasteiger partial charge in [-0.2, -0.15) is 11.8 Å². The Morgan fingerprint density at radius 1 is 1.38 bits per heavy atom. The van der Waals surface area contributed by atoms with E-state index in [0.29, 0.717) is 18.7 Å². The number of nitrogens with one attached hydrogen (secondary N) is 1. The highest BCUT2D eigenvalue weighted by Gasteiger charge is 2.29. The topological polar surface area (TPSA) is 106 Å². The van der Waals surface area contributed by atoms with E-state index in [0.717, 1.165) is 24.6 Å². The lowest BCUT2D eigenvalue weighted by atomic mass is 10.2. The molecule has 0 radical (unpaired) electrons. The van der Waals surface area contributed by atoms with Crippen molar-refractivity contribution >= 4 is 27.5 Å². The summed E-state index contributed by atoms with van der Waals surface area (Å²) in [4.78, 5) is 26.2. The fraction of sp³-hybridized carbons (Fsp3) is 0.625. The van der Waals surface area contributed by atoms with Gasteiger partial charge in [-0.3, -0.25) is 14.5 Å². The standard InChI is InChI=1S/C16H22N2O6S2/c19-14-7-13(8-18-2-4-25-5-3-18)23-9-15(14)24-10-16(20)17-12-1-6-26(21,22)11-12/h7,9,12H,1-6,8,10-11H2,(H,17,20)/t12-/m1/s1. The van der Waals surface area contributed by atoms with Gasteiger partial charge in [0.15, 0.2) is 16.4 Å². The van der Waals surface area contributed by atoms with E-state index in [9.17, 15) is 18.0 Å². The maximum absolute atomic E-state index is 12.1. The SMILES string of the molecule is O=C(COc1coc(CN2CCSCC2)cc1=O)N[C@@H]1CCS(=O)(=O)C1. The van der Waals surface area contributed by atoms with E-state index in [2.05, 4.69) is 10.2 Å². The molecular formula is C16H22N2O6S2. The number of rotatable bonds is 6. The Labute approximate surface area is 156 Å².